The van der Waals surface area contributed by atoms with Crippen LogP contribution in [0, 0.1) is 0 Å². The lowest BCUT2D eigenvalue weighted by Gasteiger charge is -2.38. The fourth-order valence-electron chi connectivity index (χ4n) is 3.16. The van der Waals surface area contributed by atoms with Gasteiger partial charge >= 0.3 is 0 Å². The quantitative estimate of drug-likeness (QED) is 0.723. The van der Waals surface area contributed by atoms with E-state index in [1.165, 1.54) is 11.3 Å². The predicted molar refractivity (Wildman–Crippen MR) is 112 cm³/mol. The molecule has 1 N–H and O–H groups in total. The van der Waals surface area contributed by atoms with Gasteiger partial charge in [-0.05, 0) is 46.6 Å². The summed E-state index contributed by atoms with van der Waals surface area (Å²) in [5.41, 5.74) is 1.10. The largest absolute Gasteiger partial charge is 0.342 e. The highest BCUT2D eigenvalue weighted by Crippen LogP contribution is 2.27. The van der Waals surface area contributed by atoms with Crippen LogP contribution in [0.1, 0.15) is 28.2 Å². The Morgan fingerprint density at radius 2 is 1.89 bits per heavy atom. The van der Waals surface area contributed by atoms with E-state index in [9.17, 15) is 9.59 Å². The molecule has 2 heterocycles. The number of nitrogens with zero attached hydrogens (tertiary/aromatic N) is 2. The average molecular weight is 471 g/mol. The van der Waals surface area contributed by atoms with Crippen LogP contribution in [0.4, 0.5) is 0 Å². The van der Waals surface area contributed by atoms with Crippen molar-refractivity contribution in [2.45, 2.75) is 13.0 Å². The van der Waals surface area contributed by atoms with E-state index in [1.807, 2.05) is 30.3 Å². The normalized spacial score (nSPS) is 16.2. The lowest BCUT2D eigenvalue weighted by molar-refractivity contribution is -0.132. The molecule has 5 nitrogen and oxygen atoms in total. The molecule has 1 aliphatic rings. The number of hydrogen-bond acceptors (Lipinski definition) is 4. The number of rotatable bonds is 5. The number of halogens is 2. The van der Waals surface area contributed by atoms with Crippen LogP contribution in [0.15, 0.2) is 40.2 Å². The zero-order valence-corrected chi connectivity index (χ0v) is 18.1. The second-order valence-corrected chi connectivity index (χ2v) is 9.27. The minimum atomic E-state index is -0.218. The molecular formula is C19H21BrClN3O2S. The lowest BCUT2D eigenvalue weighted by Crippen LogP contribution is -2.51. The monoisotopic (exact) mass is 469 g/mol. The second-order valence-electron chi connectivity index (χ2n) is 6.40. The van der Waals surface area contributed by atoms with Gasteiger partial charge in [0.1, 0.15) is 0 Å². The zero-order valence-electron chi connectivity index (χ0n) is 15.0. The van der Waals surface area contributed by atoms with E-state index in [1.54, 1.807) is 11.0 Å². The van der Waals surface area contributed by atoms with Crippen molar-refractivity contribution in [3.8, 4) is 0 Å². The van der Waals surface area contributed by atoms with Gasteiger partial charge in [-0.15, -0.1) is 11.3 Å². The van der Waals surface area contributed by atoms with E-state index >= 15 is 0 Å². The predicted octanol–water partition coefficient (Wildman–Crippen LogP) is 3.80. The zero-order chi connectivity index (χ0) is 19.4. The maximum absolute atomic E-state index is 12.4. The number of piperazine rings is 1. The standard InChI is InChI=1S/C19H21BrClN3O2S/c1-13(14-4-2-3-5-15(14)21)23-8-10-24(11-9-23)18(25)12-22-19(26)16-6-7-17(20)27-16/h2-7,13H,8-12H2,1H3,(H,22,26). The molecule has 144 valence electrons. The minimum Gasteiger partial charge on any atom is -0.342 e. The minimum absolute atomic E-state index is 0.0222. The van der Waals surface area contributed by atoms with Crippen LogP contribution in [0.5, 0.6) is 0 Å². The van der Waals surface area contributed by atoms with Gasteiger partial charge in [-0.1, -0.05) is 29.8 Å². The van der Waals surface area contributed by atoms with Gasteiger partial charge in [0, 0.05) is 37.2 Å². The molecule has 1 saturated heterocycles. The third-order valence-corrected chi connectivity index (χ3v) is 6.73. The van der Waals surface area contributed by atoms with Crippen LogP contribution in [-0.4, -0.2) is 54.3 Å². The molecule has 0 bridgehead atoms. The van der Waals surface area contributed by atoms with Gasteiger partial charge in [0.25, 0.3) is 5.91 Å². The molecule has 1 fully saturated rings. The maximum Gasteiger partial charge on any atom is 0.261 e. The van der Waals surface area contributed by atoms with E-state index in [-0.39, 0.29) is 24.4 Å². The Balaban J connectivity index is 1.48. The smallest absolute Gasteiger partial charge is 0.261 e. The summed E-state index contributed by atoms with van der Waals surface area (Å²) in [6.07, 6.45) is 0. The first kappa shape index (κ1) is 20.3. The average Bonchev–Trinajstić information content (AvgIpc) is 3.12. The van der Waals surface area contributed by atoms with Crippen molar-refractivity contribution < 1.29 is 9.59 Å². The number of amides is 2. The molecule has 1 aromatic carbocycles. The Labute approximate surface area is 176 Å². The van der Waals surface area contributed by atoms with E-state index < -0.39 is 0 Å². The number of nitrogens with one attached hydrogen (secondary N) is 1. The highest BCUT2D eigenvalue weighted by atomic mass is 79.9. The Hall–Kier alpha value is -1.41. The molecular weight excluding hydrogens is 450 g/mol. The third-order valence-electron chi connectivity index (χ3n) is 4.77. The molecule has 1 aromatic heterocycles. The van der Waals surface area contributed by atoms with Crippen LogP contribution >= 0.6 is 38.9 Å². The summed E-state index contributed by atoms with van der Waals surface area (Å²) in [5.74, 6) is -0.269. The maximum atomic E-state index is 12.4. The van der Waals surface area contributed by atoms with Crippen molar-refractivity contribution in [2.75, 3.05) is 32.7 Å². The highest BCUT2D eigenvalue weighted by Gasteiger charge is 2.25. The molecule has 0 spiro atoms. The van der Waals surface area contributed by atoms with Crippen molar-refractivity contribution in [1.82, 2.24) is 15.1 Å². The van der Waals surface area contributed by atoms with E-state index in [4.69, 9.17) is 11.6 Å². The summed E-state index contributed by atoms with van der Waals surface area (Å²) >= 11 is 11.0. The van der Waals surface area contributed by atoms with Crippen molar-refractivity contribution in [3.05, 3.63) is 55.6 Å². The van der Waals surface area contributed by atoms with Gasteiger partial charge < -0.3 is 10.2 Å². The first-order valence-electron chi connectivity index (χ1n) is 8.75. The first-order valence-corrected chi connectivity index (χ1v) is 10.7. The number of carbonyl (C=O) groups excluding carboxylic acids is 2. The topological polar surface area (TPSA) is 52.6 Å². The molecule has 3 rings (SSSR count). The van der Waals surface area contributed by atoms with Crippen molar-refractivity contribution in [2.24, 2.45) is 0 Å². The Kier molecular flexibility index (Phi) is 6.92. The molecule has 0 saturated carbocycles. The van der Waals surface area contributed by atoms with Gasteiger partial charge in [0.15, 0.2) is 0 Å². The molecule has 27 heavy (non-hydrogen) atoms. The first-order chi connectivity index (χ1) is 13.0. The number of carbonyl (C=O) groups is 2. The van der Waals surface area contributed by atoms with Crippen molar-refractivity contribution in [3.63, 3.8) is 0 Å². The molecule has 2 amide bonds. The molecule has 8 heteroatoms. The third kappa shape index (κ3) is 5.10. The van der Waals surface area contributed by atoms with Crippen molar-refractivity contribution >= 4 is 50.7 Å². The highest BCUT2D eigenvalue weighted by molar-refractivity contribution is 9.11. The lowest BCUT2D eigenvalue weighted by atomic mass is 10.1. The van der Waals surface area contributed by atoms with E-state index in [0.29, 0.717) is 18.0 Å². The van der Waals surface area contributed by atoms with Crippen LogP contribution in [-0.2, 0) is 4.79 Å². The molecule has 2 aromatic rings. The van der Waals surface area contributed by atoms with Gasteiger partial charge in [-0.3, -0.25) is 14.5 Å². The second kappa shape index (κ2) is 9.19. The summed E-state index contributed by atoms with van der Waals surface area (Å²) in [5, 5.41) is 3.47. The Morgan fingerprint density at radius 3 is 2.52 bits per heavy atom. The summed E-state index contributed by atoms with van der Waals surface area (Å²) < 4.78 is 0.891. The van der Waals surface area contributed by atoms with E-state index in [0.717, 1.165) is 27.5 Å². The van der Waals surface area contributed by atoms with Crippen molar-refractivity contribution in [1.29, 1.82) is 0 Å². The molecule has 1 atom stereocenters. The summed E-state index contributed by atoms with van der Waals surface area (Å²) in [6.45, 7) is 5.02. The van der Waals surface area contributed by atoms with Crippen LogP contribution in [0.3, 0.4) is 0 Å². The van der Waals surface area contributed by atoms with Crippen LogP contribution in [0.2, 0.25) is 5.02 Å². The van der Waals surface area contributed by atoms with Gasteiger partial charge in [-0.25, -0.2) is 0 Å². The Morgan fingerprint density at radius 1 is 1.19 bits per heavy atom. The molecule has 1 aliphatic heterocycles. The fraction of sp³-hybridized carbons (Fsp3) is 0.368. The summed E-state index contributed by atoms with van der Waals surface area (Å²) in [6, 6.07) is 11.6. The Bertz CT molecular complexity index is 821. The fourth-order valence-corrected chi connectivity index (χ4v) is 4.76. The van der Waals surface area contributed by atoms with Gasteiger partial charge in [-0.2, -0.15) is 0 Å². The number of thiophene rings is 1. The number of hydrogen-bond donors (Lipinski definition) is 1. The summed E-state index contributed by atoms with van der Waals surface area (Å²) in [4.78, 5) is 29.2. The van der Waals surface area contributed by atoms with Gasteiger partial charge in [0.05, 0.1) is 15.2 Å². The number of benzene rings is 1. The van der Waals surface area contributed by atoms with Gasteiger partial charge in [0.2, 0.25) is 5.91 Å². The summed E-state index contributed by atoms with van der Waals surface area (Å²) in [7, 11) is 0. The van der Waals surface area contributed by atoms with Crippen LogP contribution < -0.4 is 5.32 Å². The molecule has 1 unspecified atom stereocenters. The molecule has 0 aliphatic carbocycles. The van der Waals surface area contributed by atoms with E-state index in [2.05, 4.69) is 33.1 Å². The van der Waals surface area contributed by atoms with Crippen LogP contribution in [0.25, 0.3) is 0 Å². The molecule has 0 radical (unpaired) electrons. The SMILES string of the molecule is CC(c1ccccc1Cl)N1CCN(C(=O)CNC(=O)c2ccc(Br)s2)CC1.